The van der Waals surface area contributed by atoms with Gasteiger partial charge in [-0.05, 0) is 51.5 Å². The molecule has 4 nitrogen and oxygen atoms in total. The van der Waals surface area contributed by atoms with E-state index >= 15 is 0 Å². The Labute approximate surface area is 121 Å². The number of benzene rings is 1. The maximum atomic E-state index is 12.6. The first-order chi connectivity index (χ1) is 9.48. The second kappa shape index (κ2) is 4.83. The van der Waals surface area contributed by atoms with Crippen molar-refractivity contribution < 1.29 is 8.42 Å². The Morgan fingerprint density at radius 2 is 1.75 bits per heavy atom. The fourth-order valence-corrected chi connectivity index (χ4v) is 4.94. The van der Waals surface area contributed by atoms with Crippen LogP contribution in [0.15, 0.2) is 29.2 Å². The molecule has 1 unspecified atom stereocenters. The molecule has 3 rings (SSSR count). The van der Waals surface area contributed by atoms with Crippen LogP contribution in [0.25, 0.3) is 0 Å². The van der Waals surface area contributed by atoms with E-state index in [9.17, 15) is 8.42 Å². The van der Waals surface area contributed by atoms with Gasteiger partial charge in [-0.25, -0.2) is 8.42 Å². The molecule has 0 radical (unpaired) electrons. The molecule has 1 spiro atoms. The summed E-state index contributed by atoms with van der Waals surface area (Å²) in [5, 5.41) is 0. The molecule has 1 atom stereocenters. The number of rotatable bonds is 3. The molecule has 2 heterocycles. The molecule has 2 aliphatic heterocycles. The van der Waals surface area contributed by atoms with E-state index in [0.29, 0.717) is 11.4 Å². The molecule has 2 aliphatic rings. The Kier molecular flexibility index (Phi) is 3.39. The molecular weight excluding hydrogens is 272 g/mol. The van der Waals surface area contributed by atoms with E-state index in [4.69, 9.17) is 0 Å². The van der Waals surface area contributed by atoms with Gasteiger partial charge in [-0.15, -0.1) is 0 Å². The average Bonchev–Trinajstić information content (AvgIpc) is 3.15. The summed E-state index contributed by atoms with van der Waals surface area (Å²) in [6, 6.07) is 7.17. The first-order valence-corrected chi connectivity index (χ1v) is 8.74. The van der Waals surface area contributed by atoms with Crippen LogP contribution in [0, 0.1) is 6.92 Å². The maximum Gasteiger partial charge on any atom is 0.243 e. The minimum atomic E-state index is -3.30. The topological polar surface area (TPSA) is 40.4 Å². The summed E-state index contributed by atoms with van der Waals surface area (Å²) >= 11 is 0. The SMILES string of the molecule is CCN1CCC2(CC1)CN2S(=O)(=O)c1ccc(C)cc1. The third-order valence-electron chi connectivity index (χ3n) is 4.71. The quantitative estimate of drug-likeness (QED) is 0.799. The lowest BCUT2D eigenvalue weighted by Gasteiger charge is -2.31. The fraction of sp³-hybridized carbons (Fsp3) is 0.600. The zero-order valence-electron chi connectivity index (χ0n) is 12.2. The first-order valence-electron chi connectivity index (χ1n) is 7.30. The lowest BCUT2D eigenvalue weighted by Crippen LogP contribution is -2.40. The van der Waals surface area contributed by atoms with Gasteiger partial charge in [0.05, 0.1) is 10.4 Å². The van der Waals surface area contributed by atoms with Crippen LogP contribution in [0.1, 0.15) is 25.3 Å². The van der Waals surface area contributed by atoms with E-state index in [0.717, 1.165) is 38.0 Å². The van der Waals surface area contributed by atoms with Gasteiger partial charge in [-0.2, -0.15) is 4.31 Å². The van der Waals surface area contributed by atoms with Crippen molar-refractivity contribution in [3.05, 3.63) is 29.8 Å². The smallest absolute Gasteiger partial charge is 0.243 e. The van der Waals surface area contributed by atoms with E-state index in [-0.39, 0.29) is 5.54 Å². The molecular formula is C15H22N2O2S. The summed E-state index contributed by atoms with van der Waals surface area (Å²) in [4.78, 5) is 2.82. The van der Waals surface area contributed by atoms with Crippen molar-refractivity contribution in [2.75, 3.05) is 26.2 Å². The summed E-state index contributed by atoms with van der Waals surface area (Å²) in [6.45, 7) is 7.90. The second-order valence-corrected chi connectivity index (χ2v) is 7.85. The lowest BCUT2D eigenvalue weighted by molar-refractivity contribution is 0.200. The van der Waals surface area contributed by atoms with Crippen molar-refractivity contribution in [1.82, 2.24) is 9.21 Å². The molecule has 0 saturated carbocycles. The number of piperidine rings is 1. The van der Waals surface area contributed by atoms with Gasteiger partial charge in [0.25, 0.3) is 0 Å². The molecule has 0 amide bonds. The van der Waals surface area contributed by atoms with Crippen LogP contribution in [-0.4, -0.2) is 49.3 Å². The van der Waals surface area contributed by atoms with Crippen LogP contribution in [0.4, 0.5) is 0 Å². The molecule has 0 aliphatic carbocycles. The maximum absolute atomic E-state index is 12.6. The van der Waals surface area contributed by atoms with Crippen molar-refractivity contribution >= 4 is 10.0 Å². The summed E-state index contributed by atoms with van der Waals surface area (Å²) < 4.78 is 27.0. The number of aryl methyl sites for hydroxylation is 1. The fourth-order valence-electron chi connectivity index (χ4n) is 3.10. The highest BCUT2D eigenvalue weighted by molar-refractivity contribution is 7.89. The monoisotopic (exact) mass is 294 g/mol. The highest BCUT2D eigenvalue weighted by Gasteiger charge is 2.59. The zero-order valence-corrected chi connectivity index (χ0v) is 13.0. The zero-order chi connectivity index (χ0) is 14.4. The van der Waals surface area contributed by atoms with Crippen LogP contribution in [0.5, 0.6) is 0 Å². The summed E-state index contributed by atoms with van der Waals surface area (Å²) in [5.74, 6) is 0. The number of sulfonamides is 1. The van der Waals surface area contributed by atoms with Crippen molar-refractivity contribution in [3.8, 4) is 0 Å². The molecule has 0 N–H and O–H groups in total. The van der Waals surface area contributed by atoms with Gasteiger partial charge in [0.1, 0.15) is 0 Å². The number of nitrogens with zero attached hydrogens (tertiary/aromatic N) is 2. The van der Waals surface area contributed by atoms with Gasteiger partial charge < -0.3 is 4.90 Å². The highest BCUT2D eigenvalue weighted by atomic mass is 32.2. The van der Waals surface area contributed by atoms with Crippen LogP contribution >= 0.6 is 0 Å². The minimum absolute atomic E-state index is 0.0879. The number of hydrogen-bond acceptors (Lipinski definition) is 3. The van der Waals surface area contributed by atoms with Gasteiger partial charge >= 0.3 is 0 Å². The van der Waals surface area contributed by atoms with Crippen molar-refractivity contribution in [2.24, 2.45) is 0 Å². The standard InChI is InChI=1S/C15H22N2O2S/c1-3-16-10-8-15(9-11-16)12-17(15)20(18,19)14-6-4-13(2)5-7-14/h4-7H,3,8-12H2,1-2H3. The van der Waals surface area contributed by atoms with E-state index < -0.39 is 10.0 Å². The van der Waals surface area contributed by atoms with Gasteiger partial charge in [0, 0.05) is 6.54 Å². The molecule has 110 valence electrons. The van der Waals surface area contributed by atoms with Gasteiger partial charge in [0.15, 0.2) is 0 Å². The summed E-state index contributed by atoms with van der Waals surface area (Å²) in [5.41, 5.74) is 0.996. The molecule has 0 aromatic heterocycles. The third kappa shape index (κ3) is 2.28. The molecule has 1 aromatic carbocycles. The van der Waals surface area contributed by atoms with Crippen LogP contribution < -0.4 is 0 Å². The molecule has 0 bridgehead atoms. The third-order valence-corrected chi connectivity index (χ3v) is 6.67. The van der Waals surface area contributed by atoms with Gasteiger partial charge in [-0.3, -0.25) is 0 Å². The van der Waals surface area contributed by atoms with Gasteiger partial charge in [0.2, 0.25) is 10.0 Å². The van der Waals surface area contributed by atoms with Crippen molar-refractivity contribution in [1.29, 1.82) is 0 Å². The predicted octanol–water partition coefficient (Wildman–Crippen LogP) is 1.85. The molecule has 5 heteroatoms. The summed E-state index contributed by atoms with van der Waals surface area (Å²) in [7, 11) is -3.30. The number of hydrogen-bond donors (Lipinski definition) is 0. The van der Waals surface area contributed by atoms with Crippen LogP contribution in [-0.2, 0) is 10.0 Å². The van der Waals surface area contributed by atoms with E-state index in [1.54, 1.807) is 16.4 Å². The van der Waals surface area contributed by atoms with E-state index in [2.05, 4.69) is 11.8 Å². The Balaban J connectivity index is 1.77. The Morgan fingerprint density at radius 1 is 1.15 bits per heavy atom. The highest BCUT2D eigenvalue weighted by Crippen LogP contribution is 2.45. The Bertz CT molecular complexity index is 587. The lowest BCUT2D eigenvalue weighted by atomic mass is 9.97. The van der Waals surface area contributed by atoms with Crippen LogP contribution in [0.2, 0.25) is 0 Å². The molecule has 2 fully saturated rings. The normalized spacial score (nSPS) is 25.8. The largest absolute Gasteiger partial charge is 0.303 e. The van der Waals surface area contributed by atoms with E-state index in [1.165, 1.54) is 0 Å². The first kappa shape index (κ1) is 14.0. The van der Waals surface area contributed by atoms with Crippen molar-refractivity contribution in [2.45, 2.75) is 37.1 Å². The number of likely N-dealkylation sites (tertiary alicyclic amines) is 1. The molecule has 20 heavy (non-hydrogen) atoms. The minimum Gasteiger partial charge on any atom is -0.303 e. The van der Waals surface area contributed by atoms with Gasteiger partial charge in [-0.1, -0.05) is 24.6 Å². The summed E-state index contributed by atoms with van der Waals surface area (Å²) in [6.07, 6.45) is 1.93. The molecule has 1 aromatic rings. The second-order valence-electron chi connectivity index (χ2n) is 5.98. The Morgan fingerprint density at radius 3 is 2.30 bits per heavy atom. The molecule has 2 saturated heterocycles. The predicted molar refractivity (Wildman–Crippen MR) is 79.1 cm³/mol. The van der Waals surface area contributed by atoms with Crippen LogP contribution in [0.3, 0.4) is 0 Å². The Hall–Kier alpha value is -0.910. The van der Waals surface area contributed by atoms with Crippen molar-refractivity contribution in [3.63, 3.8) is 0 Å². The average molecular weight is 294 g/mol. The van der Waals surface area contributed by atoms with E-state index in [1.807, 2.05) is 19.1 Å².